The standard InChI is InChI=1S/C27H36N2O/c1-6-28-25(30)24(21-10-8-7-9-11-21)29-27(23-14-12-20(2)13-15-23)18-16-22(17-19-27)26(3,4)5/h7-15,22H,6,16-19H2,1-5H3,(H,28,30). The Kier molecular flexibility index (Phi) is 6.80. The summed E-state index contributed by atoms with van der Waals surface area (Å²) >= 11 is 0. The van der Waals surface area contributed by atoms with Gasteiger partial charge >= 0.3 is 0 Å². The van der Waals surface area contributed by atoms with Crippen molar-refractivity contribution in [3.63, 3.8) is 0 Å². The minimum absolute atomic E-state index is 0.0897. The summed E-state index contributed by atoms with van der Waals surface area (Å²) < 4.78 is 0. The number of likely N-dealkylation sites (N-methyl/N-ethyl adjacent to an activating group) is 1. The molecule has 3 heteroatoms. The molecule has 1 N–H and O–H groups in total. The van der Waals surface area contributed by atoms with Crippen LogP contribution in [0.1, 0.15) is 70.1 Å². The Hall–Kier alpha value is -2.42. The maximum absolute atomic E-state index is 13.0. The van der Waals surface area contributed by atoms with Gasteiger partial charge in [-0.05, 0) is 56.4 Å². The lowest BCUT2D eigenvalue weighted by atomic mass is 9.65. The summed E-state index contributed by atoms with van der Waals surface area (Å²) in [5, 5.41) is 2.97. The molecule has 0 radical (unpaired) electrons. The van der Waals surface area contributed by atoms with Gasteiger partial charge in [-0.15, -0.1) is 0 Å². The average Bonchev–Trinajstić information content (AvgIpc) is 2.73. The minimum Gasteiger partial charge on any atom is -0.351 e. The molecule has 0 spiro atoms. The topological polar surface area (TPSA) is 41.5 Å². The highest BCUT2D eigenvalue weighted by Crippen LogP contribution is 2.48. The largest absolute Gasteiger partial charge is 0.351 e. The van der Waals surface area contributed by atoms with E-state index in [2.05, 4.69) is 57.3 Å². The quantitative estimate of drug-likeness (QED) is 0.605. The van der Waals surface area contributed by atoms with E-state index in [0.29, 0.717) is 23.6 Å². The molecule has 1 aliphatic rings. The molecule has 1 saturated carbocycles. The van der Waals surface area contributed by atoms with Crippen LogP contribution in [0.3, 0.4) is 0 Å². The van der Waals surface area contributed by atoms with Crippen molar-refractivity contribution in [2.75, 3.05) is 6.54 Å². The Bertz CT molecular complexity index is 867. The van der Waals surface area contributed by atoms with E-state index < -0.39 is 0 Å². The zero-order chi connectivity index (χ0) is 21.8. The number of hydrogen-bond acceptors (Lipinski definition) is 2. The number of nitrogens with zero attached hydrogens (tertiary/aromatic N) is 1. The molecule has 2 aromatic rings. The van der Waals surface area contributed by atoms with Gasteiger partial charge in [0.25, 0.3) is 5.91 Å². The molecule has 1 fully saturated rings. The van der Waals surface area contributed by atoms with E-state index >= 15 is 0 Å². The molecule has 0 aromatic heterocycles. The monoisotopic (exact) mass is 404 g/mol. The van der Waals surface area contributed by atoms with Crippen LogP contribution >= 0.6 is 0 Å². The first kappa shape index (κ1) is 22.3. The van der Waals surface area contributed by atoms with Crippen molar-refractivity contribution in [3.8, 4) is 0 Å². The van der Waals surface area contributed by atoms with Crippen LogP contribution in [0.15, 0.2) is 59.6 Å². The third kappa shape index (κ3) is 5.00. The highest BCUT2D eigenvalue weighted by molar-refractivity contribution is 6.45. The Morgan fingerprint density at radius 3 is 2.17 bits per heavy atom. The lowest BCUT2D eigenvalue weighted by molar-refractivity contribution is -0.114. The van der Waals surface area contributed by atoms with E-state index in [0.717, 1.165) is 31.2 Å². The molecule has 0 bridgehead atoms. The molecule has 1 aliphatic carbocycles. The van der Waals surface area contributed by atoms with Crippen LogP contribution in [0, 0.1) is 18.3 Å². The molecule has 1 amide bonds. The Morgan fingerprint density at radius 1 is 1.03 bits per heavy atom. The first-order chi connectivity index (χ1) is 14.2. The van der Waals surface area contributed by atoms with Crippen molar-refractivity contribution in [2.45, 2.75) is 65.8 Å². The predicted molar refractivity (Wildman–Crippen MR) is 126 cm³/mol. The SMILES string of the molecule is CCNC(=O)C(=NC1(c2ccc(C)cc2)CCC(C(C)(C)C)CC1)c1ccccc1. The van der Waals surface area contributed by atoms with Gasteiger partial charge in [0.05, 0.1) is 5.54 Å². The highest BCUT2D eigenvalue weighted by Gasteiger charge is 2.40. The van der Waals surface area contributed by atoms with Gasteiger partial charge in [0.1, 0.15) is 5.71 Å². The van der Waals surface area contributed by atoms with Gasteiger partial charge in [-0.3, -0.25) is 9.79 Å². The van der Waals surface area contributed by atoms with Crippen LogP contribution in [0.25, 0.3) is 0 Å². The van der Waals surface area contributed by atoms with Crippen molar-refractivity contribution in [3.05, 3.63) is 71.3 Å². The number of aliphatic imine (C=N–C) groups is 1. The number of carbonyl (C=O) groups excluding carboxylic acids is 1. The van der Waals surface area contributed by atoms with E-state index in [1.54, 1.807) is 0 Å². The summed E-state index contributed by atoms with van der Waals surface area (Å²) in [5.74, 6) is 0.587. The van der Waals surface area contributed by atoms with E-state index in [1.807, 2.05) is 37.3 Å². The first-order valence-corrected chi connectivity index (χ1v) is 11.3. The van der Waals surface area contributed by atoms with Crippen molar-refractivity contribution < 1.29 is 4.79 Å². The number of nitrogens with one attached hydrogen (secondary N) is 1. The van der Waals surface area contributed by atoms with Gasteiger partial charge in [0.2, 0.25) is 0 Å². The maximum Gasteiger partial charge on any atom is 0.270 e. The molecule has 0 heterocycles. The van der Waals surface area contributed by atoms with Gasteiger partial charge in [0.15, 0.2) is 0 Å². The molecule has 3 rings (SSSR count). The normalized spacial score (nSPS) is 22.6. The second-order valence-corrected chi connectivity index (χ2v) is 9.72. The number of amides is 1. The number of benzene rings is 2. The second-order valence-electron chi connectivity index (χ2n) is 9.72. The maximum atomic E-state index is 13.0. The second kappa shape index (κ2) is 9.16. The number of aryl methyl sites for hydroxylation is 1. The molecule has 3 nitrogen and oxygen atoms in total. The third-order valence-electron chi connectivity index (χ3n) is 6.55. The summed E-state index contributed by atoms with van der Waals surface area (Å²) in [4.78, 5) is 18.3. The van der Waals surface area contributed by atoms with Gasteiger partial charge in [-0.1, -0.05) is 80.9 Å². The van der Waals surface area contributed by atoms with Crippen LogP contribution in [-0.2, 0) is 10.3 Å². The molecule has 0 saturated heterocycles. The average molecular weight is 405 g/mol. The minimum atomic E-state index is -0.355. The smallest absolute Gasteiger partial charge is 0.270 e. The van der Waals surface area contributed by atoms with E-state index in [9.17, 15) is 4.79 Å². The summed E-state index contributed by atoms with van der Waals surface area (Å²) in [5.41, 5.74) is 3.84. The third-order valence-corrected chi connectivity index (χ3v) is 6.55. The first-order valence-electron chi connectivity index (χ1n) is 11.3. The van der Waals surface area contributed by atoms with Crippen molar-refractivity contribution in [1.82, 2.24) is 5.32 Å². The fourth-order valence-electron chi connectivity index (χ4n) is 4.59. The molecule has 0 aliphatic heterocycles. The molecule has 30 heavy (non-hydrogen) atoms. The van der Waals surface area contributed by atoms with Crippen molar-refractivity contribution in [2.24, 2.45) is 16.3 Å². The predicted octanol–water partition coefficient (Wildman–Crippen LogP) is 6.05. The number of hydrogen-bond donors (Lipinski definition) is 1. The lowest BCUT2D eigenvalue weighted by Crippen LogP contribution is -2.38. The highest BCUT2D eigenvalue weighted by atomic mass is 16.1. The zero-order valence-corrected chi connectivity index (χ0v) is 19.2. The fourth-order valence-corrected chi connectivity index (χ4v) is 4.59. The van der Waals surface area contributed by atoms with Gasteiger partial charge in [0, 0.05) is 12.1 Å². The summed E-state index contributed by atoms with van der Waals surface area (Å²) in [6.07, 6.45) is 4.18. The van der Waals surface area contributed by atoms with Crippen LogP contribution in [0.4, 0.5) is 0 Å². The fraction of sp³-hybridized carbons (Fsp3) is 0.481. The number of rotatable bonds is 5. The van der Waals surface area contributed by atoms with Crippen molar-refractivity contribution in [1.29, 1.82) is 0 Å². The van der Waals surface area contributed by atoms with Crippen LogP contribution in [-0.4, -0.2) is 18.2 Å². The Morgan fingerprint density at radius 2 is 1.63 bits per heavy atom. The van der Waals surface area contributed by atoms with Crippen LogP contribution in [0.5, 0.6) is 0 Å². The Labute approximate surface area is 182 Å². The van der Waals surface area contributed by atoms with Crippen molar-refractivity contribution >= 4 is 11.6 Å². The summed E-state index contributed by atoms with van der Waals surface area (Å²) in [6, 6.07) is 18.6. The molecule has 0 unspecified atom stereocenters. The van der Waals surface area contributed by atoms with E-state index in [1.165, 1.54) is 11.1 Å². The summed E-state index contributed by atoms with van der Waals surface area (Å²) in [6.45, 7) is 11.7. The lowest BCUT2D eigenvalue weighted by Gasteiger charge is -2.42. The molecule has 2 aromatic carbocycles. The molecule has 160 valence electrons. The van der Waals surface area contributed by atoms with Crippen LogP contribution in [0.2, 0.25) is 0 Å². The van der Waals surface area contributed by atoms with E-state index in [-0.39, 0.29) is 11.4 Å². The Balaban J connectivity index is 2.08. The molecular formula is C27H36N2O. The zero-order valence-electron chi connectivity index (χ0n) is 19.2. The molecular weight excluding hydrogens is 368 g/mol. The number of carbonyl (C=O) groups is 1. The molecule has 0 atom stereocenters. The van der Waals surface area contributed by atoms with Crippen LogP contribution < -0.4 is 5.32 Å². The van der Waals surface area contributed by atoms with Gasteiger partial charge in [-0.25, -0.2) is 0 Å². The van der Waals surface area contributed by atoms with Gasteiger partial charge in [-0.2, -0.15) is 0 Å². The van der Waals surface area contributed by atoms with Gasteiger partial charge < -0.3 is 5.32 Å². The summed E-state index contributed by atoms with van der Waals surface area (Å²) in [7, 11) is 0. The van der Waals surface area contributed by atoms with E-state index in [4.69, 9.17) is 4.99 Å².